The largest absolute Gasteiger partial charge is 0.489 e. The molecule has 0 saturated carbocycles. The van der Waals surface area contributed by atoms with E-state index in [2.05, 4.69) is 107 Å². The van der Waals surface area contributed by atoms with Crippen LogP contribution in [0.3, 0.4) is 0 Å². The molecule has 2 N–H and O–H groups in total. The Morgan fingerprint density at radius 1 is 0.707 bits per heavy atom. The normalized spacial score (nSPS) is 11.9. The van der Waals surface area contributed by atoms with Crippen molar-refractivity contribution in [1.82, 2.24) is 15.5 Å². The molecule has 0 fully saturated rings. The molecule has 41 heavy (non-hydrogen) atoms. The first-order valence-electron chi connectivity index (χ1n) is 14.5. The van der Waals surface area contributed by atoms with E-state index in [0.29, 0.717) is 12.4 Å². The molecule has 0 unspecified atom stereocenters. The number of hydrogen-bond donors (Lipinski definition) is 2. The van der Waals surface area contributed by atoms with E-state index in [-0.39, 0.29) is 11.9 Å². The van der Waals surface area contributed by atoms with Crippen LogP contribution in [-0.4, -0.2) is 37.2 Å². The number of rotatable bonds is 18. The van der Waals surface area contributed by atoms with Crippen molar-refractivity contribution in [2.45, 2.75) is 38.5 Å². The molecule has 0 heterocycles. The fourth-order valence-electron chi connectivity index (χ4n) is 5.01. The van der Waals surface area contributed by atoms with Crippen LogP contribution in [0.25, 0.3) is 0 Å². The third-order valence-corrected chi connectivity index (χ3v) is 7.05. The molecule has 1 atom stereocenters. The number of hydrogen-bond acceptors (Lipinski definition) is 4. The van der Waals surface area contributed by atoms with Gasteiger partial charge in [-0.15, -0.1) is 0 Å². The number of halogens is 1. The van der Waals surface area contributed by atoms with Crippen LogP contribution >= 0.6 is 0 Å². The SMILES string of the molecule is C=CCOc1cc(F)cc(C[C@@H](CCNCCNCc2ccccc2)N(Cc2ccccc2)Cc2ccccc2)c1. The Bertz CT molecular complexity index is 1240. The zero-order chi connectivity index (χ0) is 28.5. The van der Waals surface area contributed by atoms with E-state index in [4.69, 9.17) is 4.74 Å². The lowest BCUT2D eigenvalue weighted by atomic mass is 9.99. The van der Waals surface area contributed by atoms with Crippen molar-refractivity contribution >= 4 is 0 Å². The predicted molar refractivity (Wildman–Crippen MR) is 167 cm³/mol. The number of ether oxygens (including phenoxy) is 1. The van der Waals surface area contributed by atoms with Gasteiger partial charge in [0, 0.05) is 44.8 Å². The Labute approximate surface area is 244 Å². The monoisotopic (exact) mass is 551 g/mol. The van der Waals surface area contributed by atoms with Crippen molar-refractivity contribution in [2.24, 2.45) is 0 Å². The zero-order valence-corrected chi connectivity index (χ0v) is 23.9. The lowest BCUT2D eigenvalue weighted by Gasteiger charge is -2.33. The summed E-state index contributed by atoms with van der Waals surface area (Å²) in [5.41, 5.74) is 4.75. The summed E-state index contributed by atoms with van der Waals surface area (Å²) in [6, 6.07) is 36.8. The van der Waals surface area contributed by atoms with Gasteiger partial charge in [-0.25, -0.2) is 4.39 Å². The highest BCUT2D eigenvalue weighted by Crippen LogP contribution is 2.23. The summed E-state index contributed by atoms with van der Waals surface area (Å²) in [5, 5.41) is 7.13. The Morgan fingerprint density at radius 2 is 1.29 bits per heavy atom. The van der Waals surface area contributed by atoms with Crippen molar-refractivity contribution in [3.05, 3.63) is 150 Å². The van der Waals surface area contributed by atoms with Crippen LogP contribution in [0.2, 0.25) is 0 Å². The van der Waals surface area contributed by atoms with Crippen LogP contribution in [0, 0.1) is 5.82 Å². The third-order valence-electron chi connectivity index (χ3n) is 7.05. The molecule has 0 aliphatic rings. The fourth-order valence-corrected chi connectivity index (χ4v) is 5.01. The van der Waals surface area contributed by atoms with E-state index in [1.165, 1.54) is 22.8 Å². The van der Waals surface area contributed by atoms with Gasteiger partial charge in [0.25, 0.3) is 0 Å². The molecule has 0 amide bonds. The molecule has 0 aliphatic carbocycles. The molecule has 0 aliphatic heterocycles. The number of benzene rings is 4. The van der Waals surface area contributed by atoms with E-state index in [0.717, 1.165) is 57.7 Å². The summed E-state index contributed by atoms with van der Waals surface area (Å²) in [7, 11) is 0. The second kappa shape index (κ2) is 17.1. The summed E-state index contributed by atoms with van der Waals surface area (Å²) >= 11 is 0. The predicted octanol–water partition coefficient (Wildman–Crippen LogP) is 6.77. The molecular weight excluding hydrogens is 509 g/mol. The number of nitrogens with zero attached hydrogens (tertiary/aromatic N) is 1. The summed E-state index contributed by atoms with van der Waals surface area (Å²) in [6.45, 7) is 9.20. The first kappa shape index (κ1) is 30.2. The minimum absolute atomic E-state index is 0.189. The van der Waals surface area contributed by atoms with E-state index >= 15 is 0 Å². The molecule has 4 aromatic rings. The van der Waals surface area contributed by atoms with E-state index in [9.17, 15) is 4.39 Å². The maximum atomic E-state index is 14.6. The van der Waals surface area contributed by atoms with Crippen molar-refractivity contribution < 1.29 is 9.13 Å². The van der Waals surface area contributed by atoms with Crippen LogP contribution in [0.4, 0.5) is 4.39 Å². The number of nitrogens with one attached hydrogen (secondary N) is 2. The molecule has 0 radical (unpaired) electrons. The lowest BCUT2D eigenvalue weighted by Crippen LogP contribution is -2.39. The van der Waals surface area contributed by atoms with E-state index < -0.39 is 0 Å². The lowest BCUT2D eigenvalue weighted by molar-refractivity contribution is 0.166. The van der Waals surface area contributed by atoms with Gasteiger partial charge in [0.05, 0.1) is 0 Å². The van der Waals surface area contributed by atoms with Gasteiger partial charge in [-0.1, -0.05) is 104 Å². The Hall–Kier alpha value is -3.77. The molecular formula is C36H42FN3O. The average Bonchev–Trinajstić information content (AvgIpc) is 3.00. The van der Waals surface area contributed by atoms with E-state index in [1.807, 2.05) is 12.1 Å². The summed E-state index contributed by atoms with van der Waals surface area (Å²) in [4.78, 5) is 2.52. The fraction of sp³-hybridized carbons (Fsp3) is 0.278. The van der Waals surface area contributed by atoms with Gasteiger partial charge in [-0.05, 0) is 53.8 Å². The third kappa shape index (κ3) is 11.0. The smallest absolute Gasteiger partial charge is 0.127 e. The summed E-state index contributed by atoms with van der Waals surface area (Å²) in [6.07, 6.45) is 3.32. The molecule has 4 rings (SSSR count). The maximum Gasteiger partial charge on any atom is 0.127 e. The Balaban J connectivity index is 1.45. The molecule has 214 valence electrons. The minimum atomic E-state index is -0.277. The molecule has 0 aromatic heterocycles. The quantitative estimate of drug-likeness (QED) is 0.106. The highest BCUT2D eigenvalue weighted by molar-refractivity contribution is 5.30. The van der Waals surface area contributed by atoms with Crippen LogP contribution in [0.15, 0.2) is 122 Å². The van der Waals surface area contributed by atoms with E-state index in [1.54, 1.807) is 12.1 Å². The van der Waals surface area contributed by atoms with Gasteiger partial charge in [0.2, 0.25) is 0 Å². The van der Waals surface area contributed by atoms with Gasteiger partial charge in [0.15, 0.2) is 0 Å². The topological polar surface area (TPSA) is 36.5 Å². The average molecular weight is 552 g/mol. The highest BCUT2D eigenvalue weighted by atomic mass is 19.1. The highest BCUT2D eigenvalue weighted by Gasteiger charge is 2.21. The summed E-state index contributed by atoms with van der Waals surface area (Å²) in [5.74, 6) is 0.263. The molecule has 0 saturated heterocycles. The van der Waals surface area contributed by atoms with Crippen molar-refractivity contribution in [1.29, 1.82) is 0 Å². The van der Waals surface area contributed by atoms with Gasteiger partial charge in [0.1, 0.15) is 18.2 Å². The molecule has 5 heteroatoms. The first-order chi connectivity index (χ1) is 20.2. The van der Waals surface area contributed by atoms with Gasteiger partial charge >= 0.3 is 0 Å². The van der Waals surface area contributed by atoms with Crippen LogP contribution in [0.1, 0.15) is 28.7 Å². The van der Waals surface area contributed by atoms with Gasteiger partial charge in [-0.3, -0.25) is 4.90 Å². The van der Waals surface area contributed by atoms with Gasteiger partial charge < -0.3 is 15.4 Å². The molecule has 4 aromatic carbocycles. The summed E-state index contributed by atoms with van der Waals surface area (Å²) < 4.78 is 20.3. The molecule has 4 nitrogen and oxygen atoms in total. The second-order valence-electron chi connectivity index (χ2n) is 10.3. The minimum Gasteiger partial charge on any atom is -0.489 e. The standard InChI is InChI=1S/C36H42FN3O/c1-2-22-41-36-25-33(23-34(37)26-36)24-35(18-19-38-20-21-39-27-30-12-6-3-7-13-30)40(28-31-14-8-4-9-15-31)29-32-16-10-5-11-17-32/h2-17,23,25-26,35,38-39H,1,18-22,24,27-29H2/t35-/m1/s1. The van der Waals surface area contributed by atoms with Crippen molar-refractivity contribution in [3.8, 4) is 5.75 Å². The first-order valence-corrected chi connectivity index (χ1v) is 14.5. The molecule has 0 spiro atoms. The van der Waals surface area contributed by atoms with Crippen molar-refractivity contribution in [2.75, 3.05) is 26.2 Å². The Kier molecular flexibility index (Phi) is 12.6. The Morgan fingerprint density at radius 3 is 1.90 bits per heavy atom. The van der Waals surface area contributed by atoms with Crippen LogP contribution < -0.4 is 15.4 Å². The zero-order valence-electron chi connectivity index (χ0n) is 23.9. The molecule has 0 bridgehead atoms. The van der Waals surface area contributed by atoms with Crippen molar-refractivity contribution in [3.63, 3.8) is 0 Å². The van der Waals surface area contributed by atoms with Gasteiger partial charge in [-0.2, -0.15) is 0 Å². The maximum absolute atomic E-state index is 14.6. The van der Waals surface area contributed by atoms with Crippen LogP contribution in [-0.2, 0) is 26.1 Å². The second-order valence-corrected chi connectivity index (χ2v) is 10.3. The van der Waals surface area contributed by atoms with Crippen LogP contribution in [0.5, 0.6) is 5.75 Å².